The standard InChI is InChI=1S/C11H19N3O3S/c1-11(2,3)10-13-8(14-17-10)6-18-5-4-7(12)9(15)16/h7H,4-6,12H2,1-3H3,(H,15,16). The Balaban J connectivity index is 2.32. The van der Waals surface area contributed by atoms with Crippen molar-refractivity contribution in [2.24, 2.45) is 5.73 Å². The summed E-state index contributed by atoms with van der Waals surface area (Å²) in [6, 6.07) is -0.798. The fourth-order valence-corrected chi connectivity index (χ4v) is 1.98. The highest BCUT2D eigenvalue weighted by molar-refractivity contribution is 7.98. The quantitative estimate of drug-likeness (QED) is 0.755. The summed E-state index contributed by atoms with van der Waals surface area (Å²) in [6.45, 7) is 6.01. The van der Waals surface area contributed by atoms with Gasteiger partial charge in [0, 0.05) is 5.41 Å². The molecular formula is C11H19N3O3S. The van der Waals surface area contributed by atoms with Gasteiger partial charge in [-0.3, -0.25) is 4.79 Å². The van der Waals surface area contributed by atoms with Crippen LogP contribution in [0.3, 0.4) is 0 Å². The topological polar surface area (TPSA) is 102 Å². The first-order chi connectivity index (χ1) is 8.30. The predicted octanol–water partition coefficient (Wildman–Crippen LogP) is 1.40. The summed E-state index contributed by atoms with van der Waals surface area (Å²) < 4.78 is 5.15. The number of thioether (sulfide) groups is 1. The SMILES string of the molecule is CC(C)(C)c1nc(CSCCC(N)C(=O)O)no1. The van der Waals surface area contributed by atoms with E-state index in [0.29, 0.717) is 29.6 Å². The maximum Gasteiger partial charge on any atom is 0.320 e. The van der Waals surface area contributed by atoms with Gasteiger partial charge >= 0.3 is 5.97 Å². The minimum Gasteiger partial charge on any atom is -0.480 e. The molecular weight excluding hydrogens is 254 g/mol. The third-order valence-corrected chi connectivity index (χ3v) is 3.22. The Morgan fingerprint density at radius 3 is 2.72 bits per heavy atom. The Morgan fingerprint density at radius 2 is 2.22 bits per heavy atom. The predicted molar refractivity (Wildman–Crippen MR) is 69.4 cm³/mol. The van der Waals surface area contributed by atoms with Crippen LogP contribution in [0.4, 0.5) is 0 Å². The molecule has 0 fully saturated rings. The molecule has 0 spiro atoms. The molecule has 7 heteroatoms. The van der Waals surface area contributed by atoms with Gasteiger partial charge in [0.15, 0.2) is 5.82 Å². The molecule has 1 aromatic heterocycles. The summed E-state index contributed by atoms with van der Waals surface area (Å²) in [5.41, 5.74) is 5.24. The van der Waals surface area contributed by atoms with Crippen molar-refractivity contribution in [3.8, 4) is 0 Å². The average molecular weight is 273 g/mol. The van der Waals surface area contributed by atoms with Gasteiger partial charge in [-0.2, -0.15) is 16.7 Å². The molecule has 1 rings (SSSR count). The number of hydrogen-bond acceptors (Lipinski definition) is 6. The Morgan fingerprint density at radius 1 is 1.56 bits per heavy atom. The maximum absolute atomic E-state index is 10.5. The molecule has 0 aromatic carbocycles. The maximum atomic E-state index is 10.5. The van der Waals surface area contributed by atoms with E-state index in [0.717, 1.165) is 0 Å². The summed E-state index contributed by atoms with van der Waals surface area (Å²) in [6.07, 6.45) is 0.435. The lowest BCUT2D eigenvalue weighted by Crippen LogP contribution is -2.30. The Bertz CT molecular complexity index is 400. The molecule has 1 heterocycles. The first kappa shape index (κ1) is 15.0. The van der Waals surface area contributed by atoms with E-state index >= 15 is 0 Å². The number of rotatable bonds is 6. The molecule has 6 nitrogen and oxygen atoms in total. The molecule has 1 aromatic rings. The zero-order valence-electron chi connectivity index (χ0n) is 10.8. The van der Waals surface area contributed by atoms with E-state index in [-0.39, 0.29) is 5.41 Å². The van der Waals surface area contributed by atoms with Crippen LogP contribution in [0.15, 0.2) is 4.52 Å². The monoisotopic (exact) mass is 273 g/mol. The van der Waals surface area contributed by atoms with Crippen LogP contribution in [0.5, 0.6) is 0 Å². The molecule has 1 unspecified atom stereocenters. The molecule has 0 aliphatic carbocycles. The van der Waals surface area contributed by atoms with Crippen LogP contribution >= 0.6 is 11.8 Å². The third-order valence-electron chi connectivity index (χ3n) is 2.23. The van der Waals surface area contributed by atoms with Crippen LogP contribution < -0.4 is 5.73 Å². The van der Waals surface area contributed by atoms with Crippen molar-refractivity contribution in [1.29, 1.82) is 0 Å². The normalized spacial score (nSPS) is 13.6. The van der Waals surface area contributed by atoms with Crippen molar-refractivity contribution < 1.29 is 14.4 Å². The summed E-state index contributed by atoms with van der Waals surface area (Å²) in [7, 11) is 0. The summed E-state index contributed by atoms with van der Waals surface area (Å²) >= 11 is 1.55. The van der Waals surface area contributed by atoms with Crippen LogP contribution in [0.1, 0.15) is 38.9 Å². The number of nitrogens with zero attached hydrogens (tertiary/aromatic N) is 2. The number of nitrogens with two attached hydrogens (primary N) is 1. The lowest BCUT2D eigenvalue weighted by Gasteiger charge is -2.10. The lowest BCUT2D eigenvalue weighted by molar-refractivity contribution is -0.138. The van der Waals surface area contributed by atoms with Crippen molar-refractivity contribution in [2.45, 2.75) is 44.4 Å². The number of carbonyl (C=O) groups is 1. The van der Waals surface area contributed by atoms with Crippen LogP contribution in [-0.2, 0) is 16.0 Å². The van der Waals surface area contributed by atoms with Crippen molar-refractivity contribution in [1.82, 2.24) is 10.1 Å². The first-order valence-corrected chi connectivity index (χ1v) is 6.85. The zero-order chi connectivity index (χ0) is 13.8. The lowest BCUT2D eigenvalue weighted by atomic mass is 9.97. The van der Waals surface area contributed by atoms with E-state index in [1.165, 1.54) is 0 Å². The second kappa shape index (κ2) is 6.19. The number of hydrogen-bond donors (Lipinski definition) is 2. The average Bonchev–Trinajstić information content (AvgIpc) is 2.72. The van der Waals surface area contributed by atoms with Gasteiger partial charge in [0.2, 0.25) is 5.89 Å². The van der Waals surface area contributed by atoms with E-state index in [4.69, 9.17) is 15.4 Å². The van der Waals surface area contributed by atoms with Gasteiger partial charge < -0.3 is 15.4 Å². The van der Waals surface area contributed by atoms with Crippen molar-refractivity contribution in [2.75, 3.05) is 5.75 Å². The minimum absolute atomic E-state index is 0.151. The summed E-state index contributed by atoms with van der Waals surface area (Å²) in [5, 5.41) is 12.5. The van der Waals surface area contributed by atoms with Gasteiger partial charge in [-0.05, 0) is 12.2 Å². The highest BCUT2D eigenvalue weighted by Crippen LogP contribution is 2.21. The van der Waals surface area contributed by atoms with Crippen LogP contribution in [0, 0.1) is 0 Å². The fraction of sp³-hybridized carbons (Fsp3) is 0.727. The molecule has 0 saturated carbocycles. The fourth-order valence-electron chi connectivity index (χ4n) is 1.11. The van der Waals surface area contributed by atoms with Gasteiger partial charge in [0.25, 0.3) is 0 Å². The molecule has 0 aliphatic heterocycles. The van der Waals surface area contributed by atoms with Crippen LogP contribution in [0.25, 0.3) is 0 Å². The highest BCUT2D eigenvalue weighted by atomic mass is 32.2. The second-order valence-electron chi connectivity index (χ2n) is 5.05. The minimum atomic E-state index is -0.967. The summed E-state index contributed by atoms with van der Waals surface area (Å²) in [5.74, 6) is 1.54. The molecule has 3 N–H and O–H groups in total. The largest absolute Gasteiger partial charge is 0.480 e. The van der Waals surface area contributed by atoms with E-state index in [1.807, 2.05) is 20.8 Å². The number of carboxylic acid groups (broad SMARTS) is 1. The zero-order valence-corrected chi connectivity index (χ0v) is 11.7. The molecule has 0 amide bonds. The van der Waals surface area contributed by atoms with Gasteiger partial charge in [-0.1, -0.05) is 25.9 Å². The molecule has 1 atom stereocenters. The molecule has 102 valence electrons. The highest BCUT2D eigenvalue weighted by Gasteiger charge is 2.21. The van der Waals surface area contributed by atoms with Gasteiger partial charge in [0.05, 0.1) is 5.75 Å². The molecule has 0 bridgehead atoms. The summed E-state index contributed by atoms with van der Waals surface area (Å²) in [4.78, 5) is 14.8. The van der Waals surface area contributed by atoms with E-state index in [9.17, 15) is 4.79 Å². The van der Waals surface area contributed by atoms with E-state index in [2.05, 4.69) is 10.1 Å². The van der Waals surface area contributed by atoms with Crippen LogP contribution in [0.2, 0.25) is 0 Å². The van der Waals surface area contributed by atoms with Gasteiger partial charge in [0.1, 0.15) is 6.04 Å². The second-order valence-corrected chi connectivity index (χ2v) is 6.16. The third kappa shape index (κ3) is 4.66. The Kier molecular flexibility index (Phi) is 5.15. The number of aliphatic carboxylic acids is 1. The molecule has 0 radical (unpaired) electrons. The molecule has 0 saturated heterocycles. The number of carboxylic acids is 1. The van der Waals surface area contributed by atoms with Gasteiger partial charge in [-0.15, -0.1) is 0 Å². The smallest absolute Gasteiger partial charge is 0.320 e. The Labute approximate surface area is 110 Å². The molecule has 18 heavy (non-hydrogen) atoms. The first-order valence-electron chi connectivity index (χ1n) is 5.70. The van der Waals surface area contributed by atoms with Crippen LogP contribution in [-0.4, -0.2) is 33.0 Å². The van der Waals surface area contributed by atoms with Crippen molar-refractivity contribution >= 4 is 17.7 Å². The number of aromatic nitrogens is 2. The Hall–Kier alpha value is -1.08. The molecule has 0 aliphatic rings. The van der Waals surface area contributed by atoms with E-state index < -0.39 is 12.0 Å². The van der Waals surface area contributed by atoms with Gasteiger partial charge in [-0.25, -0.2) is 0 Å². The van der Waals surface area contributed by atoms with Crippen molar-refractivity contribution in [3.63, 3.8) is 0 Å². The van der Waals surface area contributed by atoms with E-state index in [1.54, 1.807) is 11.8 Å². The van der Waals surface area contributed by atoms with Crippen molar-refractivity contribution in [3.05, 3.63) is 11.7 Å².